The Morgan fingerprint density at radius 2 is 1.82 bits per heavy atom. The van der Waals surface area contributed by atoms with Crippen LogP contribution >= 0.6 is 0 Å². The minimum atomic E-state index is -0.790. The van der Waals surface area contributed by atoms with Gasteiger partial charge in [-0.15, -0.1) is 0 Å². The Morgan fingerprint density at radius 3 is 2.32 bits per heavy atom. The molecule has 0 bridgehead atoms. The van der Waals surface area contributed by atoms with Gasteiger partial charge in [0.1, 0.15) is 11.8 Å². The van der Waals surface area contributed by atoms with Crippen LogP contribution in [-0.4, -0.2) is 54.2 Å². The maximum absolute atomic E-state index is 12.9. The van der Waals surface area contributed by atoms with Crippen LogP contribution < -0.4 is 15.4 Å². The number of nitrogens with zero attached hydrogens (tertiary/aromatic N) is 1. The Balaban J connectivity index is 2.91. The lowest BCUT2D eigenvalue weighted by Gasteiger charge is -2.33. The van der Waals surface area contributed by atoms with E-state index in [2.05, 4.69) is 10.6 Å². The van der Waals surface area contributed by atoms with E-state index >= 15 is 0 Å². The van der Waals surface area contributed by atoms with E-state index in [1.54, 1.807) is 19.1 Å². The summed E-state index contributed by atoms with van der Waals surface area (Å²) in [7, 11) is 1.50. The second-order valence-electron chi connectivity index (χ2n) is 7.70. The number of benzene rings is 1. The van der Waals surface area contributed by atoms with Crippen LogP contribution in [-0.2, 0) is 14.4 Å². The van der Waals surface area contributed by atoms with Gasteiger partial charge in [0.2, 0.25) is 18.2 Å². The van der Waals surface area contributed by atoms with E-state index in [1.165, 1.54) is 7.05 Å². The minimum absolute atomic E-state index is 0.208. The van der Waals surface area contributed by atoms with Crippen LogP contribution in [0, 0.1) is 11.3 Å². The molecule has 0 saturated carbocycles. The number of amides is 3. The highest BCUT2D eigenvalue weighted by atomic mass is 16.5. The highest BCUT2D eigenvalue weighted by molar-refractivity contribution is 5.89. The SMILES string of the molecule is CNC(=O)[C@@H](NC(=O)[C@H](CCOc1ccccc1)[C@H](C)N(O)C=O)C(C)(C)C. The fourth-order valence-corrected chi connectivity index (χ4v) is 2.76. The molecule has 0 aromatic heterocycles. The second-order valence-corrected chi connectivity index (χ2v) is 7.70. The van der Waals surface area contributed by atoms with Gasteiger partial charge >= 0.3 is 0 Å². The monoisotopic (exact) mass is 393 g/mol. The van der Waals surface area contributed by atoms with Gasteiger partial charge in [-0.1, -0.05) is 39.0 Å². The number of hydrogen-bond acceptors (Lipinski definition) is 5. The Bertz CT molecular complexity index is 645. The molecular weight excluding hydrogens is 362 g/mol. The molecule has 0 spiro atoms. The normalized spacial score (nSPS) is 14.4. The summed E-state index contributed by atoms with van der Waals surface area (Å²) in [4.78, 5) is 36.1. The molecule has 0 aliphatic heterocycles. The number of hydrogen-bond donors (Lipinski definition) is 3. The molecule has 28 heavy (non-hydrogen) atoms. The zero-order valence-corrected chi connectivity index (χ0v) is 17.1. The van der Waals surface area contributed by atoms with Crippen LogP contribution in [0.5, 0.6) is 5.75 Å². The zero-order valence-electron chi connectivity index (χ0n) is 17.1. The van der Waals surface area contributed by atoms with Crippen molar-refractivity contribution < 1.29 is 24.3 Å². The van der Waals surface area contributed by atoms with E-state index in [0.717, 1.165) is 0 Å². The molecule has 0 radical (unpaired) electrons. The minimum Gasteiger partial charge on any atom is -0.494 e. The predicted octanol–water partition coefficient (Wildman–Crippen LogP) is 1.58. The molecule has 1 aromatic carbocycles. The predicted molar refractivity (Wildman–Crippen MR) is 105 cm³/mol. The molecule has 1 rings (SSSR count). The van der Waals surface area contributed by atoms with Crippen LogP contribution in [0.2, 0.25) is 0 Å². The van der Waals surface area contributed by atoms with Gasteiger partial charge in [-0.2, -0.15) is 0 Å². The maximum atomic E-state index is 12.9. The van der Waals surface area contributed by atoms with Crippen LogP contribution in [0.25, 0.3) is 0 Å². The lowest BCUT2D eigenvalue weighted by Crippen LogP contribution is -2.56. The summed E-state index contributed by atoms with van der Waals surface area (Å²) in [6.07, 6.45) is 0.500. The van der Waals surface area contributed by atoms with E-state index < -0.39 is 29.3 Å². The van der Waals surface area contributed by atoms with E-state index in [1.807, 2.05) is 39.0 Å². The number of likely N-dealkylation sites (N-methyl/N-ethyl adjacent to an activating group) is 1. The summed E-state index contributed by atoms with van der Waals surface area (Å²) in [6, 6.07) is 7.57. The molecule has 1 aromatic rings. The molecule has 8 heteroatoms. The van der Waals surface area contributed by atoms with Crippen LogP contribution in [0.3, 0.4) is 0 Å². The van der Waals surface area contributed by atoms with Gasteiger partial charge < -0.3 is 15.4 Å². The first-order chi connectivity index (χ1) is 13.1. The van der Waals surface area contributed by atoms with Crippen LogP contribution in [0.4, 0.5) is 0 Å². The molecule has 0 saturated heterocycles. The van der Waals surface area contributed by atoms with Gasteiger partial charge in [-0.25, -0.2) is 5.06 Å². The Kier molecular flexibility index (Phi) is 8.91. The van der Waals surface area contributed by atoms with Crippen molar-refractivity contribution in [1.82, 2.24) is 15.7 Å². The average Bonchev–Trinajstić information content (AvgIpc) is 2.67. The van der Waals surface area contributed by atoms with E-state index in [-0.39, 0.29) is 25.3 Å². The highest BCUT2D eigenvalue weighted by Crippen LogP contribution is 2.22. The van der Waals surface area contributed by atoms with Gasteiger partial charge in [0.15, 0.2) is 0 Å². The third-order valence-electron chi connectivity index (χ3n) is 4.55. The van der Waals surface area contributed by atoms with Crippen molar-refractivity contribution in [2.24, 2.45) is 11.3 Å². The lowest BCUT2D eigenvalue weighted by molar-refractivity contribution is -0.166. The van der Waals surface area contributed by atoms with Crippen LogP contribution in [0.1, 0.15) is 34.1 Å². The third-order valence-corrected chi connectivity index (χ3v) is 4.55. The van der Waals surface area contributed by atoms with E-state index in [9.17, 15) is 19.6 Å². The number of carbonyl (C=O) groups is 3. The molecule has 156 valence electrons. The van der Waals surface area contributed by atoms with Gasteiger partial charge in [-0.3, -0.25) is 19.6 Å². The van der Waals surface area contributed by atoms with Crippen LogP contribution in [0.15, 0.2) is 30.3 Å². The fraction of sp³-hybridized carbons (Fsp3) is 0.550. The first kappa shape index (κ1) is 23.4. The molecule has 3 N–H and O–H groups in total. The van der Waals surface area contributed by atoms with Gasteiger partial charge in [0, 0.05) is 7.05 Å². The zero-order chi connectivity index (χ0) is 21.3. The molecule has 0 heterocycles. The third kappa shape index (κ3) is 6.84. The van der Waals surface area contributed by atoms with Crippen molar-refractivity contribution in [1.29, 1.82) is 0 Å². The topological polar surface area (TPSA) is 108 Å². The van der Waals surface area contributed by atoms with Gasteiger partial charge in [0.25, 0.3) is 0 Å². The number of para-hydroxylation sites is 1. The standard InChI is InChI=1S/C20H31N3O5/c1-14(23(27)13-24)16(11-12-28-15-9-7-6-8-10-15)18(25)22-17(19(26)21-5)20(2,3)4/h6-10,13-14,16-17,27H,11-12H2,1-5H3,(H,21,26)(H,22,25)/t14-,16+,17+/m0/s1. The van der Waals surface area contributed by atoms with Crippen molar-refractivity contribution in [3.8, 4) is 5.75 Å². The highest BCUT2D eigenvalue weighted by Gasteiger charge is 2.36. The summed E-state index contributed by atoms with van der Waals surface area (Å²) in [5.74, 6) is -0.866. The fourth-order valence-electron chi connectivity index (χ4n) is 2.76. The molecule has 0 aliphatic rings. The van der Waals surface area contributed by atoms with Crippen molar-refractivity contribution in [3.05, 3.63) is 30.3 Å². The van der Waals surface area contributed by atoms with Crippen molar-refractivity contribution in [3.63, 3.8) is 0 Å². The molecular formula is C20H31N3O5. The van der Waals surface area contributed by atoms with Gasteiger partial charge in [0.05, 0.1) is 18.6 Å². The first-order valence-corrected chi connectivity index (χ1v) is 9.24. The molecule has 3 amide bonds. The van der Waals surface area contributed by atoms with E-state index in [0.29, 0.717) is 10.8 Å². The smallest absolute Gasteiger partial charge is 0.242 e. The molecule has 0 aliphatic carbocycles. The van der Waals surface area contributed by atoms with Crippen molar-refractivity contribution in [2.75, 3.05) is 13.7 Å². The number of nitrogens with one attached hydrogen (secondary N) is 2. The van der Waals surface area contributed by atoms with Crippen molar-refractivity contribution in [2.45, 2.75) is 46.2 Å². The number of ether oxygens (including phenoxy) is 1. The Hall–Kier alpha value is -2.61. The lowest BCUT2D eigenvalue weighted by atomic mass is 9.85. The maximum Gasteiger partial charge on any atom is 0.242 e. The Morgan fingerprint density at radius 1 is 1.21 bits per heavy atom. The molecule has 3 atom stereocenters. The summed E-state index contributed by atoms with van der Waals surface area (Å²) in [6.45, 7) is 7.29. The largest absolute Gasteiger partial charge is 0.494 e. The average molecular weight is 393 g/mol. The number of hydroxylamine groups is 2. The summed E-state index contributed by atoms with van der Waals surface area (Å²) < 4.78 is 5.64. The van der Waals surface area contributed by atoms with Gasteiger partial charge in [-0.05, 0) is 30.9 Å². The number of carbonyl (C=O) groups excluding carboxylic acids is 3. The molecule has 8 nitrogen and oxygen atoms in total. The second kappa shape index (κ2) is 10.7. The molecule has 0 fully saturated rings. The summed E-state index contributed by atoms with van der Waals surface area (Å²) in [5.41, 5.74) is -0.520. The Labute approximate surface area is 166 Å². The first-order valence-electron chi connectivity index (χ1n) is 9.24. The molecule has 0 unspecified atom stereocenters. The van der Waals surface area contributed by atoms with Crippen molar-refractivity contribution >= 4 is 18.2 Å². The summed E-state index contributed by atoms with van der Waals surface area (Å²) >= 11 is 0. The van der Waals surface area contributed by atoms with E-state index in [4.69, 9.17) is 4.74 Å². The quantitative estimate of drug-likeness (QED) is 0.318. The number of rotatable bonds is 10. The summed E-state index contributed by atoms with van der Waals surface area (Å²) in [5, 5.41) is 15.5.